The van der Waals surface area contributed by atoms with Crippen molar-refractivity contribution in [3.05, 3.63) is 192 Å². The highest BCUT2D eigenvalue weighted by atomic mass is 15.1. The summed E-state index contributed by atoms with van der Waals surface area (Å²) in [4.78, 5) is 5.42. The Balaban J connectivity index is 1.16. The van der Waals surface area contributed by atoms with Crippen LogP contribution in [-0.4, -0.2) is 9.55 Å². The van der Waals surface area contributed by atoms with Crippen molar-refractivity contribution in [1.82, 2.24) is 9.55 Å². The first kappa shape index (κ1) is 32.5. The Kier molecular flexibility index (Phi) is 6.49. The molecule has 1 heterocycles. The van der Waals surface area contributed by atoms with Crippen LogP contribution in [0, 0.1) is 0 Å². The molecular weight excluding hydrogens is 689 g/mol. The van der Waals surface area contributed by atoms with Crippen molar-refractivity contribution in [2.45, 2.75) is 38.5 Å². The summed E-state index contributed by atoms with van der Waals surface area (Å²) in [5.74, 6) is 0. The van der Waals surface area contributed by atoms with E-state index in [0.717, 1.165) is 11.2 Å². The van der Waals surface area contributed by atoms with Crippen molar-refractivity contribution < 1.29 is 0 Å². The van der Waals surface area contributed by atoms with Gasteiger partial charge in [0.15, 0.2) is 0 Å². The maximum atomic E-state index is 5.42. The van der Waals surface area contributed by atoms with Crippen LogP contribution < -0.4 is 0 Å². The Labute approximate surface area is 332 Å². The molecule has 12 rings (SSSR count). The molecule has 0 aliphatic heterocycles. The largest absolute Gasteiger partial charge is 0.298 e. The van der Waals surface area contributed by atoms with Crippen LogP contribution in [-0.2, 0) is 10.8 Å². The van der Waals surface area contributed by atoms with Gasteiger partial charge in [-0.05, 0) is 101 Å². The predicted octanol–water partition coefficient (Wildman–Crippen LogP) is 14.4. The lowest BCUT2D eigenvalue weighted by Gasteiger charge is -2.31. The molecule has 2 aliphatic rings. The normalized spacial score (nSPS) is 14.6. The van der Waals surface area contributed by atoms with Crippen LogP contribution in [0.25, 0.3) is 93.5 Å². The zero-order valence-corrected chi connectivity index (χ0v) is 32.6. The molecule has 0 N–H and O–H groups in total. The predicted molar refractivity (Wildman–Crippen MR) is 240 cm³/mol. The van der Waals surface area contributed by atoms with Crippen molar-refractivity contribution in [3.8, 4) is 50.2 Å². The van der Waals surface area contributed by atoms with E-state index in [1.54, 1.807) is 0 Å². The molecule has 0 spiro atoms. The maximum Gasteiger partial charge on any atom is 0.100 e. The summed E-state index contributed by atoms with van der Waals surface area (Å²) in [6.45, 7) is 9.80. The molecule has 2 nitrogen and oxygen atoms in total. The van der Waals surface area contributed by atoms with Gasteiger partial charge in [-0.3, -0.25) is 4.57 Å². The van der Waals surface area contributed by atoms with Gasteiger partial charge in [0.2, 0.25) is 0 Å². The van der Waals surface area contributed by atoms with Crippen LogP contribution in [0.15, 0.2) is 170 Å². The standard InChI is InChI=1S/C55H40N2/c1-54(2)45-30-36(40-23-11-17-33-14-5-8-20-38(33)40)26-28-43(45)48-50(54)51-49(53-52(48)56-32-57(53)47-25-13-19-35-16-7-10-22-42(35)47)44-29-27-37(31-46(44)55(51,3)4)41-24-12-18-34-15-6-9-21-39(34)41/h5-32H,1-4H3. The maximum absolute atomic E-state index is 5.42. The Bertz CT molecular complexity index is 3340. The van der Waals surface area contributed by atoms with E-state index in [2.05, 4.69) is 202 Å². The molecule has 2 aliphatic carbocycles. The summed E-state index contributed by atoms with van der Waals surface area (Å²) >= 11 is 0. The lowest BCUT2D eigenvalue weighted by Crippen LogP contribution is -2.24. The molecular formula is C55H40N2. The van der Waals surface area contributed by atoms with Crippen molar-refractivity contribution in [3.63, 3.8) is 0 Å². The Morgan fingerprint density at radius 2 is 0.877 bits per heavy atom. The number of hydrogen-bond donors (Lipinski definition) is 0. The van der Waals surface area contributed by atoms with E-state index >= 15 is 0 Å². The van der Waals surface area contributed by atoms with Gasteiger partial charge in [-0.2, -0.15) is 0 Å². The van der Waals surface area contributed by atoms with Crippen LogP contribution in [0.4, 0.5) is 0 Å². The molecule has 1 aromatic heterocycles. The molecule has 0 saturated heterocycles. The highest BCUT2D eigenvalue weighted by Gasteiger charge is 2.48. The zero-order valence-electron chi connectivity index (χ0n) is 32.6. The highest BCUT2D eigenvalue weighted by molar-refractivity contribution is 6.12. The zero-order chi connectivity index (χ0) is 38.2. The van der Waals surface area contributed by atoms with Gasteiger partial charge in [-0.25, -0.2) is 4.98 Å². The van der Waals surface area contributed by atoms with E-state index in [1.165, 1.54) is 105 Å². The monoisotopic (exact) mass is 728 g/mol. The van der Waals surface area contributed by atoms with Gasteiger partial charge in [0.1, 0.15) is 6.33 Å². The van der Waals surface area contributed by atoms with Crippen molar-refractivity contribution >= 4 is 43.4 Å². The smallest absolute Gasteiger partial charge is 0.100 e. The summed E-state index contributed by atoms with van der Waals surface area (Å²) in [5.41, 5.74) is 18.6. The lowest BCUT2D eigenvalue weighted by atomic mass is 9.72. The Morgan fingerprint density at radius 3 is 1.46 bits per heavy atom. The van der Waals surface area contributed by atoms with Crippen LogP contribution >= 0.6 is 0 Å². The summed E-state index contributed by atoms with van der Waals surface area (Å²) in [6, 6.07) is 60.6. The first-order valence-electron chi connectivity index (χ1n) is 20.1. The number of aromatic nitrogens is 2. The van der Waals surface area contributed by atoms with Crippen LogP contribution in [0.5, 0.6) is 0 Å². The molecule has 10 aromatic rings. The number of imidazole rings is 1. The van der Waals surface area contributed by atoms with Crippen molar-refractivity contribution in [2.75, 3.05) is 0 Å². The molecule has 0 bridgehead atoms. The van der Waals surface area contributed by atoms with Crippen molar-refractivity contribution in [2.24, 2.45) is 0 Å². The summed E-state index contributed by atoms with van der Waals surface area (Å²) < 4.78 is 2.38. The fourth-order valence-electron chi connectivity index (χ4n) is 10.7. The highest BCUT2D eigenvalue weighted by Crippen LogP contribution is 2.62. The molecule has 0 amide bonds. The molecule has 0 saturated carbocycles. The third-order valence-corrected chi connectivity index (χ3v) is 13.4. The first-order chi connectivity index (χ1) is 27.8. The molecule has 270 valence electrons. The third-order valence-electron chi connectivity index (χ3n) is 13.4. The number of nitrogens with zero attached hydrogens (tertiary/aromatic N) is 2. The fourth-order valence-corrected chi connectivity index (χ4v) is 10.7. The quantitative estimate of drug-likeness (QED) is 0.177. The van der Waals surface area contributed by atoms with Gasteiger partial charge in [0, 0.05) is 27.3 Å². The molecule has 9 aromatic carbocycles. The van der Waals surface area contributed by atoms with Crippen molar-refractivity contribution in [1.29, 1.82) is 0 Å². The number of benzene rings is 9. The van der Waals surface area contributed by atoms with Crippen LogP contribution in [0.3, 0.4) is 0 Å². The molecule has 0 unspecified atom stereocenters. The fraction of sp³-hybridized carbons (Fsp3) is 0.109. The van der Waals surface area contributed by atoms with Gasteiger partial charge in [0.25, 0.3) is 0 Å². The number of hydrogen-bond acceptors (Lipinski definition) is 1. The summed E-state index contributed by atoms with van der Waals surface area (Å²) in [5, 5.41) is 7.53. The number of rotatable bonds is 3. The van der Waals surface area contributed by atoms with E-state index in [9.17, 15) is 0 Å². The first-order valence-corrected chi connectivity index (χ1v) is 20.1. The summed E-state index contributed by atoms with van der Waals surface area (Å²) in [7, 11) is 0. The minimum Gasteiger partial charge on any atom is -0.298 e. The van der Waals surface area contributed by atoms with E-state index in [1.807, 2.05) is 0 Å². The molecule has 57 heavy (non-hydrogen) atoms. The van der Waals surface area contributed by atoms with Gasteiger partial charge in [-0.1, -0.05) is 173 Å². The molecule has 0 atom stereocenters. The van der Waals surface area contributed by atoms with Gasteiger partial charge < -0.3 is 0 Å². The second-order valence-corrected chi connectivity index (χ2v) is 17.1. The third kappa shape index (κ3) is 4.33. The summed E-state index contributed by atoms with van der Waals surface area (Å²) in [6.07, 6.45) is 2.08. The minimum absolute atomic E-state index is 0.273. The Hall–Kier alpha value is -6.77. The van der Waals surface area contributed by atoms with E-state index in [0.29, 0.717) is 0 Å². The SMILES string of the molecule is CC1(C)c2cc(-c3cccc4ccccc34)ccc2-c2c1c1c(c3c2ncn3-c2cccc3ccccc23)-c2ccc(-c3cccc4ccccc34)cc2C1(C)C. The Morgan fingerprint density at radius 1 is 0.421 bits per heavy atom. The van der Waals surface area contributed by atoms with Crippen LogP contribution in [0.1, 0.15) is 49.9 Å². The van der Waals surface area contributed by atoms with Crippen LogP contribution in [0.2, 0.25) is 0 Å². The average Bonchev–Trinajstić information content (AvgIpc) is 3.85. The van der Waals surface area contributed by atoms with Gasteiger partial charge >= 0.3 is 0 Å². The topological polar surface area (TPSA) is 17.8 Å². The average molecular weight is 729 g/mol. The molecule has 2 heteroatoms. The van der Waals surface area contributed by atoms with E-state index in [4.69, 9.17) is 4.98 Å². The lowest BCUT2D eigenvalue weighted by molar-refractivity contribution is 0.602. The van der Waals surface area contributed by atoms with Gasteiger partial charge in [-0.15, -0.1) is 0 Å². The molecule has 0 radical (unpaired) electrons. The molecule has 0 fully saturated rings. The van der Waals surface area contributed by atoms with Gasteiger partial charge in [0.05, 0.1) is 16.7 Å². The second-order valence-electron chi connectivity index (χ2n) is 17.1. The minimum atomic E-state index is -0.283. The van der Waals surface area contributed by atoms with E-state index in [-0.39, 0.29) is 10.8 Å². The second kappa shape index (κ2) is 11.4. The number of fused-ring (bicyclic) bond motifs is 13. The van der Waals surface area contributed by atoms with E-state index < -0.39 is 0 Å².